The van der Waals surface area contributed by atoms with Gasteiger partial charge >= 0.3 is 0 Å². The number of hydrogen-bond acceptors (Lipinski definition) is 7. The number of sulfonamides is 1. The van der Waals surface area contributed by atoms with Gasteiger partial charge in [0.1, 0.15) is 18.2 Å². The minimum Gasteiger partial charge on any atom is -0.476 e. The smallest absolute Gasteiger partial charge is 0.251 e. The third-order valence-electron chi connectivity index (χ3n) is 5.01. The van der Waals surface area contributed by atoms with Gasteiger partial charge in [-0.15, -0.1) is 0 Å². The van der Waals surface area contributed by atoms with Gasteiger partial charge < -0.3 is 15.0 Å². The van der Waals surface area contributed by atoms with Crippen LogP contribution < -0.4 is 15.0 Å². The Labute approximate surface area is 183 Å². The largest absolute Gasteiger partial charge is 0.476 e. The number of nitrogens with one attached hydrogen (secondary N) is 1. The fraction of sp³-hybridized carbons (Fsp3) is 0.476. The Bertz CT molecular complexity index is 1000. The highest BCUT2D eigenvalue weighted by Gasteiger charge is 2.18. The zero-order valence-electron chi connectivity index (χ0n) is 18.2. The molecule has 31 heavy (non-hydrogen) atoms. The molecule has 1 aliphatic rings. The third kappa shape index (κ3) is 5.92. The van der Waals surface area contributed by atoms with Gasteiger partial charge in [0.2, 0.25) is 15.9 Å². The molecular formula is C21H29N5O4S. The molecule has 1 fully saturated rings. The molecule has 0 atom stereocenters. The molecule has 168 valence electrons. The minimum atomic E-state index is -3.52. The first-order valence-corrected chi connectivity index (χ1v) is 11.8. The number of rotatable bonds is 8. The van der Waals surface area contributed by atoms with Crippen LogP contribution >= 0.6 is 0 Å². The molecule has 2 aromatic rings. The van der Waals surface area contributed by atoms with Crippen LogP contribution in [0.1, 0.15) is 35.4 Å². The van der Waals surface area contributed by atoms with E-state index in [1.165, 1.54) is 44.8 Å². The lowest BCUT2D eigenvalue weighted by molar-refractivity contribution is 0.0946. The predicted molar refractivity (Wildman–Crippen MR) is 118 cm³/mol. The maximum absolute atomic E-state index is 12.3. The zero-order chi connectivity index (χ0) is 22.4. The molecule has 2 heterocycles. The van der Waals surface area contributed by atoms with Crippen molar-refractivity contribution < 1.29 is 17.9 Å². The number of aromatic nitrogens is 2. The van der Waals surface area contributed by atoms with Gasteiger partial charge in [-0.3, -0.25) is 4.79 Å². The molecule has 0 spiro atoms. The van der Waals surface area contributed by atoms with Crippen molar-refractivity contribution in [1.82, 2.24) is 19.6 Å². The Kier molecular flexibility index (Phi) is 7.45. The SMILES string of the molecule is Cc1nc(OCCNC(=O)c2ccc(S(=O)(=O)N(C)C)cc2)cc(N2CCCCC2)n1. The van der Waals surface area contributed by atoms with E-state index in [4.69, 9.17) is 4.74 Å². The van der Waals surface area contributed by atoms with E-state index in [0.717, 1.165) is 36.1 Å². The van der Waals surface area contributed by atoms with Crippen LogP contribution in [0.5, 0.6) is 5.88 Å². The molecule has 10 heteroatoms. The quantitative estimate of drug-likeness (QED) is 0.616. The number of piperidine rings is 1. The van der Waals surface area contributed by atoms with Crippen molar-refractivity contribution in [3.8, 4) is 5.88 Å². The molecule has 0 bridgehead atoms. The van der Waals surface area contributed by atoms with Crippen LogP contribution in [0, 0.1) is 6.92 Å². The number of nitrogens with zero attached hydrogens (tertiary/aromatic N) is 4. The van der Waals surface area contributed by atoms with Crippen molar-refractivity contribution >= 4 is 21.7 Å². The summed E-state index contributed by atoms with van der Waals surface area (Å²) < 4.78 is 31.1. The van der Waals surface area contributed by atoms with E-state index in [9.17, 15) is 13.2 Å². The molecule has 1 N–H and O–H groups in total. The highest BCUT2D eigenvalue weighted by Crippen LogP contribution is 2.21. The topological polar surface area (TPSA) is 105 Å². The molecule has 0 unspecified atom stereocenters. The third-order valence-corrected chi connectivity index (χ3v) is 6.84. The normalized spacial score (nSPS) is 14.5. The fourth-order valence-electron chi connectivity index (χ4n) is 3.30. The molecule has 1 saturated heterocycles. The second-order valence-corrected chi connectivity index (χ2v) is 9.73. The van der Waals surface area contributed by atoms with Gasteiger partial charge in [0, 0.05) is 38.8 Å². The lowest BCUT2D eigenvalue weighted by atomic mass is 10.1. The molecule has 1 aliphatic heterocycles. The number of aryl methyl sites for hydroxylation is 1. The van der Waals surface area contributed by atoms with Crippen molar-refractivity contribution in [1.29, 1.82) is 0 Å². The maximum Gasteiger partial charge on any atom is 0.251 e. The monoisotopic (exact) mass is 447 g/mol. The zero-order valence-corrected chi connectivity index (χ0v) is 19.0. The first-order chi connectivity index (χ1) is 14.8. The van der Waals surface area contributed by atoms with Gasteiger partial charge in [0.25, 0.3) is 5.91 Å². The van der Waals surface area contributed by atoms with E-state index in [1.54, 1.807) is 0 Å². The second-order valence-electron chi connectivity index (χ2n) is 7.58. The standard InChI is InChI=1S/C21H29N5O4S/c1-16-23-19(26-12-5-4-6-13-26)15-20(24-16)30-14-11-22-21(27)17-7-9-18(10-8-17)31(28,29)25(2)3/h7-10,15H,4-6,11-14H2,1-3H3,(H,22,27). The Hall–Kier alpha value is -2.72. The van der Waals surface area contributed by atoms with E-state index in [-0.39, 0.29) is 17.4 Å². The first-order valence-electron chi connectivity index (χ1n) is 10.3. The Balaban J connectivity index is 1.51. The maximum atomic E-state index is 12.3. The van der Waals surface area contributed by atoms with Crippen LogP contribution in [0.15, 0.2) is 35.2 Å². The number of ether oxygens (including phenoxy) is 1. The van der Waals surface area contributed by atoms with E-state index in [2.05, 4.69) is 20.2 Å². The van der Waals surface area contributed by atoms with Crippen LogP contribution in [0.3, 0.4) is 0 Å². The van der Waals surface area contributed by atoms with Crippen LogP contribution in [0.2, 0.25) is 0 Å². The van der Waals surface area contributed by atoms with Crippen molar-refractivity contribution in [2.45, 2.75) is 31.1 Å². The fourth-order valence-corrected chi connectivity index (χ4v) is 4.20. The summed E-state index contributed by atoms with van der Waals surface area (Å²) in [7, 11) is -0.594. The van der Waals surface area contributed by atoms with Gasteiger partial charge in [-0.25, -0.2) is 17.7 Å². The number of amides is 1. The first kappa shape index (κ1) is 23.0. The molecule has 0 radical (unpaired) electrons. The molecule has 3 rings (SSSR count). The Morgan fingerprint density at radius 2 is 1.81 bits per heavy atom. The van der Waals surface area contributed by atoms with E-state index in [1.807, 2.05) is 13.0 Å². The Morgan fingerprint density at radius 3 is 2.45 bits per heavy atom. The van der Waals surface area contributed by atoms with Crippen LogP contribution in [-0.4, -0.2) is 68.9 Å². The van der Waals surface area contributed by atoms with Crippen LogP contribution in [0.25, 0.3) is 0 Å². The average Bonchev–Trinajstić information content (AvgIpc) is 2.77. The van der Waals surface area contributed by atoms with E-state index >= 15 is 0 Å². The predicted octanol–water partition coefficient (Wildman–Crippen LogP) is 1.83. The van der Waals surface area contributed by atoms with Gasteiger partial charge in [0.15, 0.2) is 0 Å². The number of carbonyl (C=O) groups is 1. The van der Waals surface area contributed by atoms with Crippen LogP contribution in [0.4, 0.5) is 5.82 Å². The summed E-state index contributed by atoms with van der Waals surface area (Å²) in [5.41, 5.74) is 0.378. The van der Waals surface area contributed by atoms with E-state index in [0.29, 0.717) is 23.8 Å². The summed E-state index contributed by atoms with van der Waals surface area (Å²) in [6.07, 6.45) is 3.57. The summed E-state index contributed by atoms with van der Waals surface area (Å²) in [5, 5.41) is 2.77. The number of anilines is 1. The van der Waals surface area contributed by atoms with Gasteiger partial charge in [-0.05, 0) is 50.5 Å². The van der Waals surface area contributed by atoms with Gasteiger partial charge in [-0.2, -0.15) is 4.98 Å². The minimum absolute atomic E-state index is 0.140. The molecule has 1 aromatic heterocycles. The van der Waals surface area contributed by atoms with Crippen molar-refractivity contribution in [3.05, 3.63) is 41.7 Å². The summed E-state index contributed by atoms with van der Waals surface area (Å²) in [6.45, 7) is 4.36. The molecule has 1 aromatic carbocycles. The molecule has 9 nitrogen and oxygen atoms in total. The van der Waals surface area contributed by atoms with E-state index < -0.39 is 10.0 Å². The lowest BCUT2D eigenvalue weighted by Crippen LogP contribution is -2.30. The van der Waals surface area contributed by atoms with Crippen LogP contribution in [-0.2, 0) is 10.0 Å². The van der Waals surface area contributed by atoms with Gasteiger partial charge in [0.05, 0.1) is 11.4 Å². The second kappa shape index (κ2) is 10.1. The number of carbonyl (C=O) groups excluding carboxylic acids is 1. The molecular weight excluding hydrogens is 418 g/mol. The Morgan fingerprint density at radius 1 is 1.13 bits per heavy atom. The summed E-state index contributed by atoms with van der Waals surface area (Å²) in [6, 6.07) is 7.67. The molecule has 1 amide bonds. The highest BCUT2D eigenvalue weighted by atomic mass is 32.2. The number of benzene rings is 1. The molecule has 0 aliphatic carbocycles. The van der Waals surface area contributed by atoms with Crippen molar-refractivity contribution in [3.63, 3.8) is 0 Å². The van der Waals surface area contributed by atoms with Gasteiger partial charge in [-0.1, -0.05) is 0 Å². The number of hydrogen-bond donors (Lipinski definition) is 1. The summed E-state index contributed by atoms with van der Waals surface area (Å²) in [4.78, 5) is 23.5. The summed E-state index contributed by atoms with van der Waals surface area (Å²) in [5.74, 6) is 1.71. The summed E-state index contributed by atoms with van der Waals surface area (Å²) >= 11 is 0. The average molecular weight is 448 g/mol. The molecule has 0 saturated carbocycles. The lowest BCUT2D eigenvalue weighted by Gasteiger charge is -2.28. The van der Waals surface area contributed by atoms with Crippen molar-refractivity contribution in [2.75, 3.05) is 45.2 Å². The highest BCUT2D eigenvalue weighted by molar-refractivity contribution is 7.89. The van der Waals surface area contributed by atoms with Crippen molar-refractivity contribution in [2.24, 2.45) is 0 Å².